The first-order valence-corrected chi connectivity index (χ1v) is 12.4. The number of hydrogen-bond acceptors (Lipinski definition) is 5. The fraction of sp³-hybridized carbons (Fsp3) is 0.423. The third-order valence-corrected chi connectivity index (χ3v) is 7.16. The number of hydrogen-bond donors (Lipinski definition) is 0. The highest BCUT2D eigenvalue weighted by atomic mass is 79.9. The molecule has 180 valence electrons. The molecule has 0 spiro atoms. The molecule has 2 aliphatic rings. The van der Waals surface area contributed by atoms with Crippen LogP contribution in [-0.2, 0) is 9.59 Å². The van der Waals surface area contributed by atoms with Gasteiger partial charge in [-0.05, 0) is 55.3 Å². The van der Waals surface area contributed by atoms with E-state index in [1.54, 1.807) is 47.4 Å². The van der Waals surface area contributed by atoms with Gasteiger partial charge in [0.05, 0.1) is 26.3 Å². The van der Waals surface area contributed by atoms with Gasteiger partial charge in [0.1, 0.15) is 6.04 Å². The minimum atomic E-state index is -0.833. The van der Waals surface area contributed by atoms with Gasteiger partial charge in [-0.3, -0.25) is 14.4 Å². The minimum absolute atomic E-state index is 0.0234. The predicted octanol–water partition coefficient (Wildman–Crippen LogP) is 4.96. The molecular formula is C26H29BrN2O5. The molecule has 1 saturated carbocycles. The number of ether oxygens (including phenoxy) is 2. The molecule has 1 heterocycles. The molecule has 1 atom stereocenters. The molecule has 0 aromatic heterocycles. The number of halogens is 1. The molecule has 3 amide bonds. The summed E-state index contributed by atoms with van der Waals surface area (Å²) in [6.07, 6.45) is 5.81. The van der Waals surface area contributed by atoms with Crippen molar-refractivity contribution in [3.8, 4) is 11.5 Å². The van der Waals surface area contributed by atoms with Crippen LogP contribution in [0.5, 0.6) is 11.5 Å². The van der Waals surface area contributed by atoms with E-state index in [0.29, 0.717) is 22.7 Å². The van der Waals surface area contributed by atoms with Crippen LogP contribution in [0.15, 0.2) is 46.9 Å². The average molecular weight is 529 g/mol. The van der Waals surface area contributed by atoms with Crippen molar-refractivity contribution < 1.29 is 23.9 Å². The SMILES string of the molecule is COc1ccc(C(=O)N(C2CCCCCC2)C2CC(=O)N(c3ccc(Br)cc3)C2=O)cc1OC. The second-order valence-corrected chi connectivity index (χ2v) is 9.61. The van der Waals surface area contributed by atoms with Gasteiger partial charge in [-0.2, -0.15) is 0 Å². The molecule has 7 nitrogen and oxygen atoms in total. The van der Waals surface area contributed by atoms with Gasteiger partial charge in [0.2, 0.25) is 5.91 Å². The number of carbonyl (C=O) groups is 3. The van der Waals surface area contributed by atoms with Gasteiger partial charge >= 0.3 is 0 Å². The molecule has 1 unspecified atom stereocenters. The number of imide groups is 1. The lowest BCUT2D eigenvalue weighted by Crippen LogP contribution is -2.50. The first kappa shape index (κ1) is 24.3. The van der Waals surface area contributed by atoms with E-state index >= 15 is 0 Å². The van der Waals surface area contributed by atoms with Crippen LogP contribution in [0.25, 0.3) is 0 Å². The molecule has 0 radical (unpaired) electrons. The Hall–Kier alpha value is -2.87. The van der Waals surface area contributed by atoms with Crippen molar-refractivity contribution in [2.24, 2.45) is 0 Å². The smallest absolute Gasteiger partial charge is 0.257 e. The predicted molar refractivity (Wildman–Crippen MR) is 132 cm³/mol. The van der Waals surface area contributed by atoms with Gasteiger partial charge in [0.15, 0.2) is 11.5 Å². The molecule has 1 aliphatic carbocycles. The Morgan fingerprint density at radius 2 is 1.59 bits per heavy atom. The van der Waals surface area contributed by atoms with Crippen molar-refractivity contribution in [3.05, 3.63) is 52.5 Å². The number of nitrogens with zero attached hydrogens (tertiary/aromatic N) is 2. The summed E-state index contributed by atoms with van der Waals surface area (Å²) in [6.45, 7) is 0. The van der Waals surface area contributed by atoms with Crippen molar-refractivity contribution in [1.82, 2.24) is 4.90 Å². The maximum atomic E-state index is 13.9. The van der Waals surface area contributed by atoms with Crippen LogP contribution in [0.3, 0.4) is 0 Å². The molecule has 1 saturated heterocycles. The van der Waals surface area contributed by atoms with Crippen molar-refractivity contribution in [1.29, 1.82) is 0 Å². The normalized spacial score (nSPS) is 19.1. The van der Waals surface area contributed by atoms with Gasteiger partial charge < -0.3 is 14.4 Å². The van der Waals surface area contributed by atoms with Crippen molar-refractivity contribution >= 4 is 39.3 Å². The monoisotopic (exact) mass is 528 g/mol. The highest BCUT2D eigenvalue weighted by molar-refractivity contribution is 9.10. The second kappa shape index (κ2) is 10.6. The van der Waals surface area contributed by atoms with Gasteiger partial charge in [-0.1, -0.05) is 41.6 Å². The minimum Gasteiger partial charge on any atom is -0.493 e. The number of anilines is 1. The van der Waals surface area contributed by atoms with Crippen LogP contribution in [0.1, 0.15) is 55.3 Å². The van der Waals surface area contributed by atoms with Crippen LogP contribution in [0.4, 0.5) is 5.69 Å². The van der Waals surface area contributed by atoms with Crippen molar-refractivity contribution in [3.63, 3.8) is 0 Å². The van der Waals surface area contributed by atoms with Crippen LogP contribution >= 0.6 is 15.9 Å². The third-order valence-electron chi connectivity index (χ3n) is 6.63. The summed E-state index contributed by atoms with van der Waals surface area (Å²) in [5, 5.41) is 0. The summed E-state index contributed by atoms with van der Waals surface area (Å²) >= 11 is 3.39. The number of methoxy groups -OCH3 is 2. The third kappa shape index (κ3) is 4.82. The van der Waals surface area contributed by atoms with Crippen LogP contribution in [0, 0.1) is 0 Å². The fourth-order valence-electron chi connectivity index (χ4n) is 4.91. The summed E-state index contributed by atoms with van der Waals surface area (Å²) in [5.41, 5.74) is 0.921. The van der Waals surface area contributed by atoms with E-state index in [1.807, 2.05) is 0 Å². The standard InChI is InChI=1S/C26H29BrN2O5/c1-33-22-14-9-17(15-23(22)34-2)25(31)28(19-7-5-3-4-6-8-19)21-16-24(30)29(26(21)32)20-12-10-18(27)11-13-20/h9-15,19,21H,3-8,16H2,1-2H3. The van der Waals surface area contributed by atoms with Crippen molar-refractivity contribution in [2.45, 2.75) is 57.0 Å². The summed E-state index contributed by atoms with van der Waals surface area (Å²) < 4.78 is 11.6. The van der Waals surface area contributed by atoms with E-state index in [9.17, 15) is 14.4 Å². The van der Waals surface area contributed by atoms with E-state index in [2.05, 4.69) is 15.9 Å². The Morgan fingerprint density at radius 3 is 2.21 bits per heavy atom. The molecule has 34 heavy (non-hydrogen) atoms. The number of amides is 3. The Bertz CT molecular complexity index is 1060. The molecule has 2 aromatic rings. The lowest BCUT2D eigenvalue weighted by molar-refractivity contribution is -0.123. The Balaban J connectivity index is 1.70. The quantitative estimate of drug-likeness (QED) is 0.391. The lowest BCUT2D eigenvalue weighted by Gasteiger charge is -2.35. The summed E-state index contributed by atoms with van der Waals surface area (Å²) in [5.74, 6) is 0.0474. The maximum Gasteiger partial charge on any atom is 0.257 e. The molecule has 1 aliphatic heterocycles. The molecule has 2 aromatic carbocycles. The zero-order valence-electron chi connectivity index (χ0n) is 19.5. The van der Waals surface area contributed by atoms with E-state index in [-0.39, 0.29) is 30.2 Å². The summed E-state index contributed by atoms with van der Waals surface area (Å²) in [7, 11) is 3.06. The zero-order chi connectivity index (χ0) is 24.2. The van der Waals surface area contributed by atoms with Crippen molar-refractivity contribution in [2.75, 3.05) is 19.1 Å². The molecule has 0 N–H and O–H groups in total. The highest BCUT2D eigenvalue weighted by Gasteiger charge is 2.46. The number of rotatable bonds is 6. The first-order chi connectivity index (χ1) is 16.4. The zero-order valence-corrected chi connectivity index (χ0v) is 21.0. The molecular weight excluding hydrogens is 500 g/mol. The average Bonchev–Trinajstić information content (AvgIpc) is 3.01. The van der Waals surface area contributed by atoms with Gasteiger partial charge in [0, 0.05) is 16.1 Å². The number of carbonyl (C=O) groups excluding carboxylic acids is 3. The van der Waals surface area contributed by atoms with Crippen LogP contribution in [0.2, 0.25) is 0 Å². The molecule has 4 rings (SSSR count). The van der Waals surface area contributed by atoms with Gasteiger partial charge in [-0.25, -0.2) is 4.90 Å². The van der Waals surface area contributed by atoms with Gasteiger partial charge in [0.25, 0.3) is 11.8 Å². The fourth-order valence-corrected chi connectivity index (χ4v) is 5.18. The lowest BCUT2D eigenvalue weighted by atomic mass is 10.0. The first-order valence-electron chi connectivity index (χ1n) is 11.6. The Labute approximate surface area is 208 Å². The van der Waals surface area contributed by atoms with E-state index in [4.69, 9.17) is 9.47 Å². The molecule has 8 heteroatoms. The molecule has 0 bridgehead atoms. The topological polar surface area (TPSA) is 76.2 Å². The second-order valence-electron chi connectivity index (χ2n) is 8.69. The largest absolute Gasteiger partial charge is 0.493 e. The van der Waals surface area contributed by atoms with Gasteiger partial charge in [-0.15, -0.1) is 0 Å². The maximum absolute atomic E-state index is 13.9. The number of benzene rings is 2. The Kier molecular flexibility index (Phi) is 7.56. The highest BCUT2D eigenvalue weighted by Crippen LogP contribution is 2.34. The van der Waals surface area contributed by atoms with E-state index in [0.717, 1.165) is 43.0 Å². The Morgan fingerprint density at radius 1 is 0.941 bits per heavy atom. The van der Waals surface area contributed by atoms with E-state index < -0.39 is 6.04 Å². The van der Waals surface area contributed by atoms with E-state index in [1.165, 1.54) is 19.1 Å². The van der Waals surface area contributed by atoms with Crippen LogP contribution < -0.4 is 14.4 Å². The summed E-state index contributed by atoms with van der Waals surface area (Å²) in [4.78, 5) is 43.4. The summed E-state index contributed by atoms with van der Waals surface area (Å²) in [6, 6.07) is 11.1. The molecule has 2 fully saturated rings. The van der Waals surface area contributed by atoms with Crippen LogP contribution in [-0.4, -0.2) is 48.9 Å².